The fourth-order valence-corrected chi connectivity index (χ4v) is 1.87. The van der Waals surface area contributed by atoms with E-state index in [1.54, 1.807) is 0 Å². The maximum atomic E-state index is 12.9. The summed E-state index contributed by atoms with van der Waals surface area (Å²) in [5.74, 6) is 0.160. The van der Waals surface area contributed by atoms with Gasteiger partial charge in [-0.25, -0.2) is 4.98 Å². The molecule has 0 unspecified atom stereocenters. The third-order valence-electron chi connectivity index (χ3n) is 2.40. The van der Waals surface area contributed by atoms with Crippen LogP contribution in [0.25, 0.3) is 11.1 Å². The van der Waals surface area contributed by atoms with Crippen molar-refractivity contribution in [3.05, 3.63) is 47.1 Å². The summed E-state index contributed by atoms with van der Waals surface area (Å²) in [6.45, 7) is 0. The zero-order chi connectivity index (χ0) is 13.3. The van der Waals surface area contributed by atoms with Crippen molar-refractivity contribution >= 4 is 17.4 Å². The number of nitrogens with zero attached hydrogens (tertiary/aromatic N) is 1. The van der Waals surface area contributed by atoms with E-state index in [-0.39, 0.29) is 22.0 Å². The molecule has 2 rings (SSSR count). The van der Waals surface area contributed by atoms with Crippen LogP contribution in [0.4, 0.5) is 19.0 Å². The summed E-state index contributed by atoms with van der Waals surface area (Å²) in [4.78, 5) is 3.77. The zero-order valence-electron chi connectivity index (χ0n) is 9.00. The van der Waals surface area contributed by atoms with E-state index in [1.165, 1.54) is 30.5 Å². The van der Waals surface area contributed by atoms with Gasteiger partial charge in [-0.1, -0.05) is 29.8 Å². The Morgan fingerprint density at radius 1 is 1.11 bits per heavy atom. The summed E-state index contributed by atoms with van der Waals surface area (Å²) in [5, 5.41) is 0.138. The number of nitrogen functional groups attached to an aromatic ring is 1. The second-order valence-electron chi connectivity index (χ2n) is 3.63. The molecule has 0 aliphatic rings. The van der Waals surface area contributed by atoms with E-state index in [9.17, 15) is 13.2 Å². The number of hydrogen-bond acceptors (Lipinski definition) is 2. The smallest absolute Gasteiger partial charge is 0.384 e. The fraction of sp³-hybridized carbons (Fsp3) is 0.0833. The Hall–Kier alpha value is -1.75. The molecule has 0 atom stereocenters. The van der Waals surface area contributed by atoms with E-state index in [4.69, 9.17) is 17.3 Å². The first-order chi connectivity index (χ1) is 8.39. The monoisotopic (exact) mass is 272 g/mol. The Morgan fingerprint density at radius 2 is 1.78 bits per heavy atom. The maximum absolute atomic E-state index is 12.9. The summed E-state index contributed by atoms with van der Waals surface area (Å²) >= 11 is 5.90. The quantitative estimate of drug-likeness (QED) is 0.852. The SMILES string of the molecule is Nc1cc(Cl)c(-c2ccccc2C(F)(F)F)cn1. The van der Waals surface area contributed by atoms with Crippen molar-refractivity contribution in [2.45, 2.75) is 6.18 Å². The summed E-state index contributed by atoms with van der Waals surface area (Å²) in [6.07, 6.45) is -3.20. The summed E-state index contributed by atoms with van der Waals surface area (Å²) in [7, 11) is 0. The van der Waals surface area contributed by atoms with Crippen molar-refractivity contribution in [3.8, 4) is 11.1 Å². The Morgan fingerprint density at radius 3 is 2.39 bits per heavy atom. The summed E-state index contributed by atoms with van der Waals surface area (Å²) in [6, 6.07) is 6.51. The topological polar surface area (TPSA) is 38.9 Å². The molecule has 2 N–H and O–H groups in total. The first-order valence-corrected chi connectivity index (χ1v) is 5.35. The largest absolute Gasteiger partial charge is 0.417 e. The lowest BCUT2D eigenvalue weighted by molar-refractivity contribution is -0.137. The van der Waals surface area contributed by atoms with Crippen molar-refractivity contribution in [1.29, 1.82) is 0 Å². The molecule has 0 aliphatic carbocycles. The Labute approximate surface area is 106 Å². The van der Waals surface area contributed by atoms with Gasteiger partial charge in [0, 0.05) is 11.8 Å². The standard InChI is InChI=1S/C12H8ClF3N2/c13-10-5-11(17)18-6-8(10)7-3-1-2-4-9(7)12(14,15)16/h1-6H,(H2,17,18). The van der Waals surface area contributed by atoms with Crippen LogP contribution in [0.5, 0.6) is 0 Å². The minimum Gasteiger partial charge on any atom is -0.384 e. The molecule has 1 aromatic heterocycles. The molecule has 0 bridgehead atoms. The molecule has 0 radical (unpaired) electrons. The molecule has 2 nitrogen and oxygen atoms in total. The van der Waals surface area contributed by atoms with Crippen LogP contribution in [-0.2, 0) is 6.18 Å². The molecule has 18 heavy (non-hydrogen) atoms. The average Bonchev–Trinajstić information content (AvgIpc) is 2.28. The number of pyridine rings is 1. The molecule has 1 aromatic carbocycles. The molecule has 0 saturated heterocycles. The van der Waals surface area contributed by atoms with Crippen LogP contribution in [-0.4, -0.2) is 4.98 Å². The minimum atomic E-state index is -4.44. The Bertz CT molecular complexity index is 582. The van der Waals surface area contributed by atoms with E-state index in [0.29, 0.717) is 0 Å². The highest BCUT2D eigenvalue weighted by Gasteiger charge is 2.33. The molecule has 6 heteroatoms. The second-order valence-corrected chi connectivity index (χ2v) is 4.04. The highest BCUT2D eigenvalue weighted by atomic mass is 35.5. The molecule has 94 valence electrons. The van der Waals surface area contributed by atoms with Crippen LogP contribution in [0.1, 0.15) is 5.56 Å². The number of halogens is 4. The molecule has 0 saturated carbocycles. The summed E-state index contributed by atoms with van der Waals surface area (Å²) < 4.78 is 38.6. The van der Waals surface area contributed by atoms with Gasteiger partial charge in [-0.15, -0.1) is 0 Å². The molecule has 0 fully saturated rings. The highest BCUT2D eigenvalue weighted by Crippen LogP contribution is 2.39. The van der Waals surface area contributed by atoms with Gasteiger partial charge in [0.2, 0.25) is 0 Å². The predicted octanol–water partition coefficient (Wildman–Crippen LogP) is 4.00. The van der Waals surface area contributed by atoms with Crippen LogP contribution >= 0.6 is 11.6 Å². The van der Waals surface area contributed by atoms with Gasteiger partial charge in [-0.2, -0.15) is 13.2 Å². The minimum absolute atomic E-state index is 0.0116. The lowest BCUT2D eigenvalue weighted by Gasteiger charge is -2.13. The third-order valence-corrected chi connectivity index (χ3v) is 2.71. The first kappa shape index (κ1) is 12.7. The van der Waals surface area contributed by atoms with E-state index >= 15 is 0 Å². The number of hydrogen-bond donors (Lipinski definition) is 1. The first-order valence-electron chi connectivity index (χ1n) is 4.97. The number of rotatable bonds is 1. The fourth-order valence-electron chi connectivity index (χ4n) is 1.61. The Balaban J connectivity index is 2.64. The number of nitrogens with two attached hydrogens (primary N) is 1. The van der Waals surface area contributed by atoms with Gasteiger partial charge in [0.1, 0.15) is 5.82 Å². The van der Waals surface area contributed by atoms with E-state index in [0.717, 1.165) is 6.07 Å². The third kappa shape index (κ3) is 2.41. The maximum Gasteiger partial charge on any atom is 0.417 e. The van der Waals surface area contributed by atoms with E-state index in [2.05, 4.69) is 4.98 Å². The second kappa shape index (κ2) is 4.49. The van der Waals surface area contributed by atoms with Gasteiger partial charge in [0.25, 0.3) is 0 Å². The molecular formula is C12H8ClF3N2. The average molecular weight is 273 g/mol. The Kier molecular flexibility index (Phi) is 3.17. The van der Waals surface area contributed by atoms with Gasteiger partial charge in [0.05, 0.1) is 10.6 Å². The lowest BCUT2D eigenvalue weighted by Crippen LogP contribution is -2.07. The van der Waals surface area contributed by atoms with Crippen molar-refractivity contribution in [3.63, 3.8) is 0 Å². The van der Waals surface area contributed by atoms with Crippen LogP contribution in [0.2, 0.25) is 5.02 Å². The van der Waals surface area contributed by atoms with Crippen LogP contribution in [0.15, 0.2) is 36.5 Å². The van der Waals surface area contributed by atoms with Gasteiger partial charge in [-0.3, -0.25) is 0 Å². The van der Waals surface area contributed by atoms with Gasteiger partial charge in [0.15, 0.2) is 0 Å². The molecule has 0 spiro atoms. The molecule has 2 aromatic rings. The normalized spacial score (nSPS) is 11.6. The number of anilines is 1. The van der Waals surface area contributed by atoms with Crippen molar-refractivity contribution < 1.29 is 13.2 Å². The van der Waals surface area contributed by atoms with Crippen LogP contribution in [0, 0.1) is 0 Å². The van der Waals surface area contributed by atoms with Crippen molar-refractivity contribution in [2.75, 3.05) is 5.73 Å². The summed E-state index contributed by atoms with van der Waals surface area (Å²) in [5.41, 5.74) is 4.86. The zero-order valence-corrected chi connectivity index (χ0v) is 9.76. The lowest BCUT2D eigenvalue weighted by atomic mass is 10.0. The predicted molar refractivity (Wildman–Crippen MR) is 64.1 cm³/mol. The van der Waals surface area contributed by atoms with E-state index < -0.39 is 11.7 Å². The number of benzene rings is 1. The number of aromatic nitrogens is 1. The molecular weight excluding hydrogens is 265 g/mol. The van der Waals surface area contributed by atoms with E-state index in [1.807, 2.05) is 0 Å². The highest BCUT2D eigenvalue weighted by molar-refractivity contribution is 6.33. The number of alkyl halides is 3. The van der Waals surface area contributed by atoms with Crippen LogP contribution in [0.3, 0.4) is 0 Å². The van der Waals surface area contributed by atoms with Gasteiger partial charge >= 0.3 is 6.18 Å². The van der Waals surface area contributed by atoms with Crippen molar-refractivity contribution in [1.82, 2.24) is 4.98 Å². The van der Waals surface area contributed by atoms with Gasteiger partial charge in [-0.05, 0) is 17.7 Å². The molecule has 0 amide bonds. The van der Waals surface area contributed by atoms with Gasteiger partial charge < -0.3 is 5.73 Å². The molecule has 0 aliphatic heterocycles. The molecule has 1 heterocycles. The van der Waals surface area contributed by atoms with Crippen molar-refractivity contribution in [2.24, 2.45) is 0 Å². The van der Waals surface area contributed by atoms with Crippen LogP contribution < -0.4 is 5.73 Å².